The third-order valence-electron chi connectivity index (χ3n) is 4.65. The monoisotopic (exact) mass is 394 g/mol. The molecule has 1 aliphatic heterocycles. The van der Waals surface area contributed by atoms with Gasteiger partial charge in [-0.05, 0) is 47.7 Å². The van der Waals surface area contributed by atoms with Crippen LogP contribution in [0.3, 0.4) is 0 Å². The van der Waals surface area contributed by atoms with Gasteiger partial charge in [0, 0.05) is 18.0 Å². The summed E-state index contributed by atoms with van der Waals surface area (Å²) in [6.07, 6.45) is 4.63. The normalized spacial score (nSPS) is 16.3. The number of rotatable bonds is 7. The van der Waals surface area contributed by atoms with Gasteiger partial charge in [0.25, 0.3) is 5.91 Å². The summed E-state index contributed by atoms with van der Waals surface area (Å²) in [6.45, 7) is 6.31. The van der Waals surface area contributed by atoms with Crippen LogP contribution < -0.4 is 5.32 Å². The standard InChI is InChI=1S/C23H23ClN2O2/c1-3-7-17(20-14-19(24)11-10-16(20)2)12-13-25-23(27)21-15-22(28-26-21)18-8-5-4-6-9-18/h3-11,14,22H,1,12-13,15H2,2H3,(H,25,27)/b17-7-. The van der Waals surface area contributed by atoms with E-state index >= 15 is 0 Å². The largest absolute Gasteiger partial charge is 0.387 e. The van der Waals surface area contributed by atoms with Gasteiger partial charge in [-0.25, -0.2) is 0 Å². The number of halogens is 1. The van der Waals surface area contributed by atoms with E-state index in [4.69, 9.17) is 16.4 Å². The molecule has 1 amide bonds. The summed E-state index contributed by atoms with van der Waals surface area (Å²) in [5, 5.41) is 7.58. The number of amides is 1. The number of nitrogens with one attached hydrogen (secondary N) is 1. The van der Waals surface area contributed by atoms with E-state index in [1.54, 1.807) is 6.08 Å². The molecule has 0 radical (unpaired) electrons. The van der Waals surface area contributed by atoms with Crippen molar-refractivity contribution in [2.75, 3.05) is 6.54 Å². The molecule has 0 spiro atoms. The van der Waals surface area contributed by atoms with E-state index in [1.165, 1.54) is 0 Å². The van der Waals surface area contributed by atoms with E-state index in [9.17, 15) is 4.79 Å². The van der Waals surface area contributed by atoms with Crippen molar-refractivity contribution >= 4 is 28.8 Å². The van der Waals surface area contributed by atoms with Crippen molar-refractivity contribution in [2.24, 2.45) is 5.16 Å². The highest BCUT2D eigenvalue weighted by Gasteiger charge is 2.27. The molecule has 1 atom stereocenters. The molecule has 28 heavy (non-hydrogen) atoms. The van der Waals surface area contributed by atoms with Crippen LogP contribution in [0.1, 0.15) is 35.6 Å². The maximum atomic E-state index is 12.4. The topological polar surface area (TPSA) is 50.7 Å². The maximum Gasteiger partial charge on any atom is 0.269 e. The quantitative estimate of drug-likeness (QED) is 0.652. The number of aryl methyl sites for hydroxylation is 1. The molecule has 1 heterocycles. The van der Waals surface area contributed by atoms with Gasteiger partial charge >= 0.3 is 0 Å². The Morgan fingerprint density at radius 3 is 2.86 bits per heavy atom. The molecule has 5 heteroatoms. The fraction of sp³-hybridized carbons (Fsp3) is 0.217. The van der Waals surface area contributed by atoms with Crippen LogP contribution in [0.15, 0.2) is 72.4 Å². The summed E-state index contributed by atoms with van der Waals surface area (Å²) < 4.78 is 0. The van der Waals surface area contributed by atoms with Gasteiger partial charge in [0.05, 0.1) is 0 Å². The summed E-state index contributed by atoms with van der Waals surface area (Å²) in [6, 6.07) is 15.6. The maximum absolute atomic E-state index is 12.4. The van der Waals surface area contributed by atoms with Crippen molar-refractivity contribution in [3.63, 3.8) is 0 Å². The molecule has 0 fully saturated rings. The van der Waals surface area contributed by atoms with Gasteiger partial charge in [0.2, 0.25) is 0 Å². The third-order valence-corrected chi connectivity index (χ3v) is 4.88. The minimum absolute atomic E-state index is 0.195. The van der Waals surface area contributed by atoms with Crippen LogP contribution in [-0.2, 0) is 9.63 Å². The van der Waals surface area contributed by atoms with Crippen molar-refractivity contribution in [1.82, 2.24) is 5.32 Å². The minimum Gasteiger partial charge on any atom is -0.387 e. The fourth-order valence-electron chi connectivity index (χ4n) is 3.16. The lowest BCUT2D eigenvalue weighted by Gasteiger charge is -2.12. The summed E-state index contributed by atoms with van der Waals surface area (Å²) in [7, 11) is 0. The first-order chi connectivity index (χ1) is 13.6. The molecule has 4 nitrogen and oxygen atoms in total. The van der Waals surface area contributed by atoms with Gasteiger partial charge in [-0.15, -0.1) is 0 Å². The summed E-state index contributed by atoms with van der Waals surface area (Å²) in [4.78, 5) is 17.9. The van der Waals surface area contributed by atoms with Gasteiger partial charge in [-0.3, -0.25) is 4.79 Å². The Balaban J connectivity index is 1.56. The van der Waals surface area contributed by atoms with Crippen LogP contribution in [0.5, 0.6) is 0 Å². The Labute approximate surface area is 170 Å². The molecule has 3 rings (SSSR count). The Bertz CT molecular complexity index is 919. The van der Waals surface area contributed by atoms with Crippen molar-refractivity contribution in [3.8, 4) is 0 Å². The minimum atomic E-state index is -0.202. The highest BCUT2D eigenvalue weighted by atomic mass is 35.5. The Morgan fingerprint density at radius 1 is 1.32 bits per heavy atom. The fourth-order valence-corrected chi connectivity index (χ4v) is 3.33. The second-order valence-corrected chi connectivity index (χ2v) is 7.08. The summed E-state index contributed by atoms with van der Waals surface area (Å²) >= 11 is 6.14. The molecular weight excluding hydrogens is 372 g/mol. The van der Waals surface area contributed by atoms with E-state index in [-0.39, 0.29) is 12.0 Å². The number of benzene rings is 2. The molecule has 1 unspecified atom stereocenters. The van der Waals surface area contributed by atoms with Crippen molar-refractivity contribution in [2.45, 2.75) is 25.9 Å². The van der Waals surface area contributed by atoms with Crippen LogP contribution in [-0.4, -0.2) is 18.2 Å². The number of allylic oxidation sites excluding steroid dienone is 2. The molecule has 0 aromatic heterocycles. The molecule has 2 aromatic rings. The Morgan fingerprint density at radius 2 is 2.11 bits per heavy atom. The van der Waals surface area contributed by atoms with Crippen molar-refractivity contribution in [1.29, 1.82) is 0 Å². The highest BCUT2D eigenvalue weighted by molar-refractivity contribution is 6.39. The summed E-state index contributed by atoms with van der Waals surface area (Å²) in [5.41, 5.74) is 4.70. The number of carbonyl (C=O) groups is 1. The zero-order valence-electron chi connectivity index (χ0n) is 15.8. The first-order valence-electron chi connectivity index (χ1n) is 9.22. The zero-order valence-corrected chi connectivity index (χ0v) is 16.6. The van der Waals surface area contributed by atoms with E-state index in [0.717, 1.165) is 22.3 Å². The van der Waals surface area contributed by atoms with E-state index in [1.807, 2.05) is 61.5 Å². The van der Waals surface area contributed by atoms with Gasteiger partial charge in [0.1, 0.15) is 5.71 Å². The van der Waals surface area contributed by atoms with E-state index < -0.39 is 0 Å². The second-order valence-electron chi connectivity index (χ2n) is 6.64. The first-order valence-corrected chi connectivity index (χ1v) is 9.60. The molecule has 144 valence electrons. The molecule has 1 aliphatic rings. The average molecular weight is 395 g/mol. The first kappa shape index (κ1) is 19.9. The number of carbonyl (C=O) groups excluding carboxylic acids is 1. The van der Waals surface area contributed by atoms with Crippen molar-refractivity contribution < 1.29 is 9.63 Å². The molecule has 0 bridgehead atoms. The SMILES string of the molecule is C=C/C=C(/CCNC(=O)C1=NOC(c2ccccc2)C1)c1cc(Cl)ccc1C. The number of hydrogen-bond donors (Lipinski definition) is 1. The van der Waals surface area contributed by atoms with Crippen LogP contribution in [0.2, 0.25) is 5.02 Å². The van der Waals surface area contributed by atoms with Crippen molar-refractivity contribution in [3.05, 3.63) is 89.0 Å². The summed E-state index contributed by atoms with van der Waals surface area (Å²) in [5.74, 6) is -0.195. The second kappa shape index (κ2) is 9.38. The molecule has 0 saturated carbocycles. The third kappa shape index (κ3) is 4.90. The Hall–Kier alpha value is -2.85. The molecule has 0 aliphatic carbocycles. The molecular formula is C23H23ClN2O2. The molecule has 2 aromatic carbocycles. The predicted molar refractivity (Wildman–Crippen MR) is 114 cm³/mol. The number of oxime groups is 1. The van der Waals surface area contributed by atoms with Crippen LogP contribution >= 0.6 is 11.6 Å². The molecule has 0 saturated heterocycles. The average Bonchev–Trinajstić information content (AvgIpc) is 3.20. The van der Waals surface area contributed by atoms with E-state index in [2.05, 4.69) is 17.1 Å². The number of nitrogens with zero attached hydrogens (tertiary/aromatic N) is 1. The van der Waals surface area contributed by atoms with Crippen LogP contribution in [0.25, 0.3) is 5.57 Å². The van der Waals surface area contributed by atoms with Gasteiger partial charge in [-0.2, -0.15) is 0 Å². The lowest BCUT2D eigenvalue weighted by molar-refractivity contribution is -0.114. The highest BCUT2D eigenvalue weighted by Crippen LogP contribution is 2.27. The van der Waals surface area contributed by atoms with Crippen LogP contribution in [0.4, 0.5) is 0 Å². The molecule has 1 N–H and O–H groups in total. The lowest BCUT2D eigenvalue weighted by Crippen LogP contribution is -2.31. The smallest absolute Gasteiger partial charge is 0.269 e. The lowest BCUT2D eigenvalue weighted by atomic mass is 9.97. The van der Waals surface area contributed by atoms with Gasteiger partial charge < -0.3 is 10.2 Å². The number of hydrogen-bond acceptors (Lipinski definition) is 3. The van der Waals surface area contributed by atoms with Crippen LogP contribution in [0, 0.1) is 6.92 Å². The van der Waals surface area contributed by atoms with E-state index in [0.29, 0.717) is 30.1 Å². The van der Waals surface area contributed by atoms with Gasteiger partial charge in [0.15, 0.2) is 6.10 Å². The zero-order chi connectivity index (χ0) is 19.9. The predicted octanol–water partition coefficient (Wildman–Crippen LogP) is 5.24. The Kier molecular flexibility index (Phi) is 6.66. The van der Waals surface area contributed by atoms with Gasteiger partial charge in [-0.1, -0.05) is 71.9 Å².